The number of nitrogens with two attached hydrogens (primary N) is 1. The van der Waals surface area contributed by atoms with E-state index in [2.05, 4.69) is 15.9 Å². The van der Waals surface area contributed by atoms with E-state index in [1.54, 1.807) is 0 Å². The van der Waals surface area contributed by atoms with Crippen LogP contribution in [0.1, 0.15) is 25.5 Å². The predicted octanol–water partition coefficient (Wildman–Crippen LogP) is 2.87. The lowest BCUT2D eigenvalue weighted by atomic mass is 10.1. The first kappa shape index (κ1) is 10.5. The normalized spacial score (nSPS) is 12.6. The van der Waals surface area contributed by atoms with Gasteiger partial charge < -0.3 is 10.5 Å². The van der Waals surface area contributed by atoms with Gasteiger partial charge in [-0.3, -0.25) is 0 Å². The second-order valence-corrected chi connectivity index (χ2v) is 3.82. The molecule has 0 spiro atoms. The molecule has 0 aliphatic carbocycles. The largest absolute Gasteiger partial charge is 0.494 e. The second-order valence-electron chi connectivity index (χ2n) is 2.90. The Bertz CT molecular complexity index is 286. The topological polar surface area (TPSA) is 35.2 Å². The highest BCUT2D eigenvalue weighted by atomic mass is 79.9. The van der Waals surface area contributed by atoms with E-state index in [0.29, 0.717) is 6.61 Å². The lowest BCUT2D eigenvalue weighted by Gasteiger charge is -2.13. The van der Waals surface area contributed by atoms with E-state index in [1.165, 1.54) is 0 Å². The Balaban J connectivity index is 3.03. The molecular weight excluding hydrogens is 230 g/mol. The molecule has 0 bridgehead atoms. The maximum atomic E-state index is 5.81. The van der Waals surface area contributed by atoms with Gasteiger partial charge in [0.1, 0.15) is 5.75 Å². The van der Waals surface area contributed by atoms with Crippen molar-refractivity contribution in [1.82, 2.24) is 0 Å². The molecule has 2 N–H and O–H groups in total. The van der Waals surface area contributed by atoms with E-state index in [-0.39, 0.29) is 6.04 Å². The molecule has 2 nitrogen and oxygen atoms in total. The zero-order valence-electron chi connectivity index (χ0n) is 7.88. The molecule has 0 aliphatic heterocycles. The molecule has 0 unspecified atom stereocenters. The molecule has 0 aromatic heterocycles. The van der Waals surface area contributed by atoms with Crippen LogP contribution in [0.4, 0.5) is 0 Å². The van der Waals surface area contributed by atoms with Gasteiger partial charge in [0.2, 0.25) is 0 Å². The Morgan fingerprint density at radius 2 is 2.23 bits per heavy atom. The fourth-order valence-corrected chi connectivity index (χ4v) is 1.54. The number of benzene rings is 1. The van der Waals surface area contributed by atoms with Crippen LogP contribution in [0.15, 0.2) is 22.7 Å². The Kier molecular flexibility index (Phi) is 3.75. The average Bonchev–Trinajstić information content (AvgIpc) is 2.08. The molecule has 0 radical (unpaired) electrons. The van der Waals surface area contributed by atoms with Gasteiger partial charge in [-0.25, -0.2) is 0 Å². The van der Waals surface area contributed by atoms with Crippen LogP contribution in [0, 0.1) is 0 Å². The highest BCUT2D eigenvalue weighted by Crippen LogP contribution is 2.27. The van der Waals surface area contributed by atoms with Crippen molar-refractivity contribution in [3.05, 3.63) is 28.2 Å². The number of rotatable bonds is 3. The highest BCUT2D eigenvalue weighted by molar-refractivity contribution is 9.10. The maximum absolute atomic E-state index is 5.81. The van der Waals surface area contributed by atoms with Crippen LogP contribution < -0.4 is 10.5 Å². The van der Waals surface area contributed by atoms with Gasteiger partial charge in [-0.1, -0.05) is 15.9 Å². The zero-order valence-corrected chi connectivity index (χ0v) is 9.47. The fourth-order valence-electron chi connectivity index (χ4n) is 1.16. The minimum Gasteiger partial charge on any atom is -0.494 e. The van der Waals surface area contributed by atoms with Gasteiger partial charge in [0.15, 0.2) is 0 Å². The molecule has 1 aromatic rings. The summed E-state index contributed by atoms with van der Waals surface area (Å²) in [4.78, 5) is 0. The first-order chi connectivity index (χ1) is 6.15. The van der Waals surface area contributed by atoms with Gasteiger partial charge in [-0.15, -0.1) is 0 Å². The van der Waals surface area contributed by atoms with E-state index in [9.17, 15) is 0 Å². The summed E-state index contributed by atoms with van der Waals surface area (Å²) in [6.45, 7) is 4.58. The van der Waals surface area contributed by atoms with Gasteiger partial charge in [-0.05, 0) is 32.0 Å². The van der Waals surface area contributed by atoms with Gasteiger partial charge >= 0.3 is 0 Å². The zero-order chi connectivity index (χ0) is 9.84. The number of hydrogen-bond acceptors (Lipinski definition) is 2. The Morgan fingerprint density at radius 1 is 1.54 bits per heavy atom. The van der Waals surface area contributed by atoms with Crippen molar-refractivity contribution in [2.75, 3.05) is 6.61 Å². The van der Waals surface area contributed by atoms with E-state index >= 15 is 0 Å². The molecule has 0 saturated heterocycles. The third kappa shape index (κ3) is 2.71. The molecule has 1 atom stereocenters. The summed E-state index contributed by atoms with van der Waals surface area (Å²) < 4.78 is 6.48. The molecule has 0 amide bonds. The monoisotopic (exact) mass is 243 g/mol. The van der Waals surface area contributed by atoms with Crippen LogP contribution in [0.3, 0.4) is 0 Å². The van der Waals surface area contributed by atoms with Crippen LogP contribution in [0.25, 0.3) is 0 Å². The van der Waals surface area contributed by atoms with Crippen molar-refractivity contribution in [3.63, 3.8) is 0 Å². The number of ether oxygens (including phenoxy) is 1. The predicted molar refractivity (Wildman–Crippen MR) is 57.9 cm³/mol. The summed E-state index contributed by atoms with van der Waals surface area (Å²) in [6, 6.07) is 5.89. The lowest BCUT2D eigenvalue weighted by Crippen LogP contribution is -2.07. The summed E-state index contributed by atoms with van der Waals surface area (Å²) in [7, 11) is 0. The summed E-state index contributed by atoms with van der Waals surface area (Å²) in [5, 5.41) is 0. The van der Waals surface area contributed by atoms with E-state index in [0.717, 1.165) is 15.8 Å². The first-order valence-electron chi connectivity index (χ1n) is 4.33. The summed E-state index contributed by atoms with van der Waals surface area (Å²) in [6.07, 6.45) is 0. The molecule has 1 aromatic carbocycles. The van der Waals surface area contributed by atoms with Crippen molar-refractivity contribution >= 4 is 15.9 Å². The minimum atomic E-state index is -0.000880. The minimum absolute atomic E-state index is 0.000880. The van der Waals surface area contributed by atoms with Crippen molar-refractivity contribution in [1.29, 1.82) is 0 Å². The highest BCUT2D eigenvalue weighted by Gasteiger charge is 2.07. The Labute approximate surface area is 87.2 Å². The Hall–Kier alpha value is -0.540. The third-order valence-corrected chi connectivity index (χ3v) is 2.26. The van der Waals surface area contributed by atoms with Gasteiger partial charge in [0.05, 0.1) is 6.61 Å². The maximum Gasteiger partial charge on any atom is 0.124 e. The van der Waals surface area contributed by atoms with Crippen LogP contribution in [0.5, 0.6) is 5.75 Å². The second kappa shape index (κ2) is 4.63. The first-order valence-corrected chi connectivity index (χ1v) is 5.12. The van der Waals surface area contributed by atoms with Crippen LogP contribution in [0.2, 0.25) is 0 Å². The molecule has 72 valence electrons. The molecular formula is C10H14BrNO. The molecule has 0 heterocycles. The van der Waals surface area contributed by atoms with E-state index in [1.807, 2.05) is 32.0 Å². The number of halogens is 1. The van der Waals surface area contributed by atoms with Crippen molar-refractivity contribution in [2.24, 2.45) is 5.73 Å². The third-order valence-electron chi connectivity index (χ3n) is 1.76. The van der Waals surface area contributed by atoms with E-state index < -0.39 is 0 Å². The smallest absolute Gasteiger partial charge is 0.124 e. The molecule has 3 heteroatoms. The molecule has 13 heavy (non-hydrogen) atoms. The average molecular weight is 244 g/mol. The van der Waals surface area contributed by atoms with Gasteiger partial charge in [0, 0.05) is 16.1 Å². The summed E-state index contributed by atoms with van der Waals surface area (Å²) in [5.74, 6) is 0.876. The Morgan fingerprint density at radius 3 is 2.77 bits per heavy atom. The molecule has 0 aliphatic rings. The van der Waals surface area contributed by atoms with Crippen LogP contribution in [-0.4, -0.2) is 6.61 Å². The molecule has 0 saturated carbocycles. The summed E-state index contributed by atoms with van der Waals surface area (Å²) in [5.41, 5.74) is 6.85. The van der Waals surface area contributed by atoms with E-state index in [4.69, 9.17) is 10.5 Å². The van der Waals surface area contributed by atoms with Gasteiger partial charge in [0.25, 0.3) is 0 Å². The fraction of sp³-hybridized carbons (Fsp3) is 0.400. The van der Waals surface area contributed by atoms with Crippen LogP contribution in [-0.2, 0) is 0 Å². The van der Waals surface area contributed by atoms with Gasteiger partial charge in [-0.2, -0.15) is 0 Å². The van der Waals surface area contributed by atoms with Crippen molar-refractivity contribution < 1.29 is 4.74 Å². The number of hydrogen-bond donors (Lipinski definition) is 1. The van der Waals surface area contributed by atoms with Crippen LogP contribution >= 0.6 is 15.9 Å². The summed E-state index contributed by atoms with van der Waals surface area (Å²) >= 11 is 3.40. The van der Waals surface area contributed by atoms with Crippen molar-refractivity contribution in [3.8, 4) is 5.75 Å². The SMILES string of the molecule is CCOc1ccc(Br)cc1[C@@H](C)N. The quantitative estimate of drug-likeness (QED) is 0.887. The van der Waals surface area contributed by atoms with Crippen molar-refractivity contribution in [2.45, 2.75) is 19.9 Å². The molecule has 1 rings (SSSR count). The molecule has 0 fully saturated rings. The lowest BCUT2D eigenvalue weighted by molar-refractivity contribution is 0.335. The standard InChI is InChI=1S/C10H14BrNO/c1-3-13-10-5-4-8(11)6-9(10)7(2)12/h4-7H,3,12H2,1-2H3/t7-/m1/s1.